The van der Waals surface area contributed by atoms with E-state index in [0.29, 0.717) is 23.4 Å². The highest BCUT2D eigenvalue weighted by molar-refractivity contribution is 6.03. The summed E-state index contributed by atoms with van der Waals surface area (Å²) in [5.74, 6) is 0.377. The number of aromatic nitrogens is 1. The van der Waals surface area contributed by atoms with E-state index in [-0.39, 0.29) is 11.4 Å². The van der Waals surface area contributed by atoms with Crippen LogP contribution in [0.3, 0.4) is 0 Å². The first kappa shape index (κ1) is 16.0. The van der Waals surface area contributed by atoms with Gasteiger partial charge in [0, 0.05) is 29.3 Å². The van der Waals surface area contributed by atoms with Crippen LogP contribution in [-0.4, -0.2) is 10.4 Å². The van der Waals surface area contributed by atoms with Gasteiger partial charge in [-0.2, -0.15) is 0 Å². The fraction of sp³-hybridized carbons (Fsp3) is 0.200. The zero-order valence-corrected chi connectivity index (χ0v) is 13.9. The smallest absolute Gasteiger partial charge is 0.258 e. The number of rotatable bonds is 4. The molecule has 3 aromatic rings. The quantitative estimate of drug-likeness (QED) is 0.569. The minimum absolute atomic E-state index is 0.00210. The molecule has 24 heavy (non-hydrogen) atoms. The van der Waals surface area contributed by atoms with Crippen LogP contribution >= 0.6 is 0 Å². The van der Waals surface area contributed by atoms with E-state index in [0.717, 1.165) is 16.5 Å². The standard InChI is InChI=1S/C20H21N3O/c1-13(2)11-23-12-18(14-6-4-3-5-7-14)17-10-15(19(21)22)8-9-16(17)20(23)24/h3-10,12-13H,11H2,1-2H3,(H3,21,22). The van der Waals surface area contributed by atoms with Crippen molar-refractivity contribution in [3.63, 3.8) is 0 Å². The van der Waals surface area contributed by atoms with Crippen molar-refractivity contribution < 1.29 is 0 Å². The minimum atomic E-state index is -0.00603. The van der Waals surface area contributed by atoms with Crippen molar-refractivity contribution in [1.82, 2.24) is 4.57 Å². The first-order valence-corrected chi connectivity index (χ1v) is 8.04. The second-order valence-electron chi connectivity index (χ2n) is 6.43. The third kappa shape index (κ3) is 2.95. The Morgan fingerprint density at radius 3 is 2.46 bits per heavy atom. The van der Waals surface area contributed by atoms with E-state index >= 15 is 0 Å². The molecular formula is C20H21N3O. The Morgan fingerprint density at radius 2 is 1.83 bits per heavy atom. The van der Waals surface area contributed by atoms with E-state index in [4.69, 9.17) is 11.1 Å². The van der Waals surface area contributed by atoms with Gasteiger partial charge >= 0.3 is 0 Å². The van der Waals surface area contributed by atoms with Crippen molar-refractivity contribution in [3.8, 4) is 11.1 Å². The van der Waals surface area contributed by atoms with Gasteiger partial charge in [-0.15, -0.1) is 0 Å². The average molecular weight is 319 g/mol. The molecule has 0 spiro atoms. The molecule has 0 saturated heterocycles. The molecule has 0 amide bonds. The minimum Gasteiger partial charge on any atom is -0.384 e. The maximum absolute atomic E-state index is 12.8. The lowest BCUT2D eigenvalue weighted by atomic mass is 9.98. The van der Waals surface area contributed by atoms with Crippen molar-refractivity contribution in [3.05, 3.63) is 70.6 Å². The second-order valence-corrected chi connectivity index (χ2v) is 6.43. The van der Waals surface area contributed by atoms with Gasteiger partial charge in [-0.3, -0.25) is 10.2 Å². The summed E-state index contributed by atoms with van der Waals surface area (Å²) in [7, 11) is 0. The zero-order chi connectivity index (χ0) is 17.3. The van der Waals surface area contributed by atoms with Gasteiger partial charge in [0.15, 0.2) is 0 Å². The van der Waals surface area contributed by atoms with Crippen LogP contribution in [0.1, 0.15) is 19.4 Å². The number of amidine groups is 1. The maximum Gasteiger partial charge on any atom is 0.258 e. The molecule has 3 N–H and O–H groups in total. The number of nitrogen functional groups attached to an aromatic ring is 1. The summed E-state index contributed by atoms with van der Waals surface area (Å²) in [4.78, 5) is 12.8. The first-order valence-electron chi connectivity index (χ1n) is 8.04. The molecule has 0 unspecified atom stereocenters. The van der Waals surface area contributed by atoms with Gasteiger partial charge in [0.05, 0.1) is 0 Å². The van der Waals surface area contributed by atoms with Crippen molar-refractivity contribution in [2.75, 3.05) is 0 Å². The molecule has 4 nitrogen and oxygen atoms in total. The molecule has 0 aliphatic heterocycles. The van der Waals surface area contributed by atoms with E-state index in [2.05, 4.69) is 13.8 Å². The number of nitrogens with one attached hydrogen (secondary N) is 1. The number of hydrogen-bond acceptors (Lipinski definition) is 2. The summed E-state index contributed by atoms with van der Waals surface area (Å²) in [6.07, 6.45) is 1.92. The van der Waals surface area contributed by atoms with Crippen LogP contribution in [0.25, 0.3) is 21.9 Å². The van der Waals surface area contributed by atoms with Crippen LogP contribution in [0.15, 0.2) is 59.5 Å². The summed E-state index contributed by atoms with van der Waals surface area (Å²) in [6, 6.07) is 15.3. The highest BCUT2D eigenvalue weighted by Gasteiger charge is 2.12. The van der Waals surface area contributed by atoms with Gasteiger partial charge in [-0.25, -0.2) is 0 Å². The van der Waals surface area contributed by atoms with Crippen LogP contribution < -0.4 is 11.3 Å². The molecule has 0 fully saturated rings. The van der Waals surface area contributed by atoms with Crippen molar-refractivity contribution in [2.45, 2.75) is 20.4 Å². The lowest BCUT2D eigenvalue weighted by molar-refractivity contribution is 0.514. The Kier molecular flexibility index (Phi) is 4.21. The van der Waals surface area contributed by atoms with E-state index in [1.165, 1.54) is 0 Å². The summed E-state index contributed by atoms with van der Waals surface area (Å²) < 4.78 is 1.78. The second kappa shape index (κ2) is 6.32. The monoisotopic (exact) mass is 319 g/mol. The molecule has 0 saturated carbocycles. The number of hydrogen-bond donors (Lipinski definition) is 2. The van der Waals surface area contributed by atoms with Crippen molar-refractivity contribution in [1.29, 1.82) is 5.41 Å². The van der Waals surface area contributed by atoms with Crippen LogP contribution in [0, 0.1) is 11.3 Å². The fourth-order valence-electron chi connectivity index (χ4n) is 2.94. The Labute approximate surface area is 141 Å². The third-order valence-electron chi connectivity index (χ3n) is 4.04. The third-order valence-corrected chi connectivity index (χ3v) is 4.04. The normalized spacial score (nSPS) is 11.1. The number of nitrogens with zero attached hydrogens (tertiary/aromatic N) is 1. The summed E-state index contributed by atoms with van der Waals surface area (Å²) in [6.45, 7) is 4.86. The van der Waals surface area contributed by atoms with E-state index < -0.39 is 0 Å². The number of benzene rings is 2. The van der Waals surface area contributed by atoms with Crippen LogP contribution in [0.2, 0.25) is 0 Å². The molecule has 0 bridgehead atoms. The Morgan fingerprint density at radius 1 is 1.12 bits per heavy atom. The maximum atomic E-state index is 12.8. The highest BCUT2D eigenvalue weighted by Crippen LogP contribution is 2.27. The Balaban J connectivity index is 2.37. The molecule has 0 aliphatic carbocycles. The Hall–Kier alpha value is -2.88. The number of pyridine rings is 1. The first-order chi connectivity index (χ1) is 11.5. The molecule has 4 heteroatoms. The lowest BCUT2D eigenvalue weighted by Crippen LogP contribution is -2.23. The molecule has 122 valence electrons. The Bertz CT molecular complexity index is 956. The predicted octanol–water partition coefficient (Wildman–Crippen LogP) is 3.61. The molecular weight excluding hydrogens is 298 g/mol. The highest BCUT2D eigenvalue weighted by atomic mass is 16.1. The molecule has 2 aromatic carbocycles. The number of fused-ring (bicyclic) bond motifs is 1. The predicted molar refractivity (Wildman–Crippen MR) is 99.5 cm³/mol. The zero-order valence-electron chi connectivity index (χ0n) is 13.9. The summed E-state index contributed by atoms with van der Waals surface area (Å²) in [5.41, 5.74) is 8.27. The number of nitrogens with two attached hydrogens (primary N) is 1. The van der Waals surface area contributed by atoms with Gasteiger partial charge in [0.2, 0.25) is 0 Å². The molecule has 0 radical (unpaired) electrons. The van der Waals surface area contributed by atoms with Gasteiger partial charge in [-0.1, -0.05) is 50.2 Å². The average Bonchev–Trinajstić information content (AvgIpc) is 2.57. The summed E-state index contributed by atoms with van der Waals surface area (Å²) >= 11 is 0. The van der Waals surface area contributed by atoms with E-state index in [9.17, 15) is 4.79 Å². The summed E-state index contributed by atoms with van der Waals surface area (Å²) in [5, 5.41) is 9.16. The van der Waals surface area contributed by atoms with Gasteiger partial charge in [0.25, 0.3) is 5.56 Å². The van der Waals surface area contributed by atoms with Crippen molar-refractivity contribution >= 4 is 16.6 Å². The van der Waals surface area contributed by atoms with Crippen molar-refractivity contribution in [2.24, 2.45) is 11.7 Å². The molecule has 0 aliphatic rings. The molecule has 3 rings (SSSR count). The SMILES string of the molecule is CC(C)Cn1cc(-c2ccccc2)c2cc(C(=N)N)ccc2c1=O. The lowest BCUT2D eigenvalue weighted by Gasteiger charge is -2.15. The van der Waals surface area contributed by atoms with E-state index in [1.54, 1.807) is 16.7 Å². The molecule has 1 heterocycles. The van der Waals surface area contributed by atoms with Gasteiger partial charge in [0.1, 0.15) is 5.84 Å². The largest absolute Gasteiger partial charge is 0.384 e. The van der Waals surface area contributed by atoms with Crippen LogP contribution in [0.5, 0.6) is 0 Å². The van der Waals surface area contributed by atoms with Crippen LogP contribution in [-0.2, 0) is 6.54 Å². The van der Waals surface area contributed by atoms with Crippen LogP contribution in [0.4, 0.5) is 0 Å². The van der Waals surface area contributed by atoms with E-state index in [1.807, 2.05) is 42.6 Å². The molecule has 0 atom stereocenters. The van der Waals surface area contributed by atoms with Gasteiger partial charge < -0.3 is 10.3 Å². The fourth-order valence-corrected chi connectivity index (χ4v) is 2.94. The molecule has 1 aromatic heterocycles. The van der Waals surface area contributed by atoms with Gasteiger partial charge in [-0.05, 0) is 29.0 Å². The topological polar surface area (TPSA) is 71.9 Å².